The molecule has 0 fully saturated rings. The molecule has 2 amide bonds. The van der Waals surface area contributed by atoms with E-state index in [1.54, 1.807) is 6.92 Å². The van der Waals surface area contributed by atoms with Crippen LogP contribution in [0, 0.1) is 12.3 Å². The summed E-state index contributed by atoms with van der Waals surface area (Å²) >= 11 is 0. The third-order valence-electron chi connectivity index (χ3n) is 3.36. The Labute approximate surface area is 127 Å². The second-order valence-corrected chi connectivity index (χ2v) is 6.59. The number of amides is 2. The Kier molecular flexibility index (Phi) is 5.53. The highest BCUT2D eigenvalue weighted by molar-refractivity contribution is 5.89. The molecule has 1 aromatic rings. The molecule has 1 aromatic carbocycles. The van der Waals surface area contributed by atoms with Crippen molar-refractivity contribution in [3.8, 4) is 0 Å². The van der Waals surface area contributed by atoms with Crippen molar-refractivity contribution in [2.45, 2.75) is 53.6 Å². The van der Waals surface area contributed by atoms with Crippen molar-refractivity contribution < 1.29 is 9.59 Å². The largest absolute Gasteiger partial charge is 0.348 e. The van der Waals surface area contributed by atoms with Gasteiger partial charge in [-0.3, -0.25) is 9.59 Å². The van der Waals surface area contributed by atoms with Crippen LogP contribution in [0.2, 0.25) is 0 Å². The maximum atomic E-state index is 12.1. The van der Waals surface area contributed by atoms with Gasteiger partial charge in [-0.2, -0.15) is 0 Å². The molecule has 0 spiro atoms. The fraction of sp³-hybridized carbons (Fsp3) is 0.529. The van der Waals surface area contributed by atoms with Crippen LogP contribution in [0.4, 0.5) is 0 Å². The van der Waals surface area contributed by atoms with Crippen LogP contribution in [0.3, 0.4) is 0 Å². The van der Waals surface area contributed by atoms with Crippen LogP contribution in [-0.2, 0) is 9.59 Å². The van der Waals surface area contributed by atoms with E-state index in [-0.39, 0.29) is 17.9 Å². The zero-order chi connectivity index (χ0) is 16.2. The van der Waals surface area contributed by atoms with Gasteiger partial charge in [-0.05, 0) is 26.3 Å². The quantitative estimate of drug-likeness (QED) is 0.895. The number of carbonyl (C=O) groups excluding carboxylic acids is 2. The molecule has 0 bridgehead atoms. The van der Waals surface area contributed by atoms with Gasteiger partial charge in [0.1, 0.15) is 6.04 Å². The first kappa shape index (κ1) is 17.2. The van der Waals surface area contributed by atoms with Crippen molar-refractivity contribution >= 4 is 11.8 Å². The van der Waals surface area contributed by atoms with Crippen molar-refractivity contribution in [2.75, 3.05) is 0 Å². The van der Waals surface area contributed by atoms with Crippen molar-refractivity contribution in [2.24, 2.45) is 5.41 Å². The summed E-state index contributed by atoms with van der Waals surface area (Å²) in [6, 6.07) is 7.39. The molecule has 1 rings (SSSR count). The number of rotatable bonds is 4. The summed E-state index contributed by atoms with van der Waals surface area (Å²) in [7, 11) is 0. The molecule has 2 unspecified atom stereocenters. The molecule has 2 atom stereocenters. The van der Waals surface area contributed by atoms with Gasteiger partial charge in [-0.1, -0.05) is 50.6 Å². The van der Waals surface area contributed by atoms with Crippen LogP contribution >= 0.6 is 0 Å². The van der Waals surface area contributed by atoms with Crippen molar-refractivity contribution in [1.29, 1.82) is 0 Å². The van der Waals surface area contributed by atoms with E-state index in [2.05, 4.69) is 10.6 Å². The van der Waals surface area contributed by atoms with Crippen LogP contribution < -0.4 is 10.6 Å². The number of aryl methyl sites for hydroxylation is 1. The van der Waals surface area contributed by atoms with Gasteiger partial charge in [-0.25, -0.2) is 0 Å². The first-order chi connectivity index (χ1) is 9.61. The lowest BCUT2D eigenvalue weighted by atomic mass is 9.95. The highest BCUT2D eigenvalue weighted by atomic mass is 16.2. The Bertz CT molecular complexity index is 501. The summed E-state index contributed by atoms with van der Waals surface area (Å²) < 4.78 is 0. The van der Waals surface area contributed by atoms with Gasteiger partial charge >= 0.3 is 0 Å². The summed E-state index contributed by atoms with van der Waals surface area (Å²) in [4.78, 5) is 24.0. The van der Waals surface area contributed by atoms with E-state index in [0.717, 1.165) is 5.56 Å². The van der Waals surface area contributed by atoms with E-state index >= 15 is 0 Å². The van der Waals surface area contributed by atoms with Gasteiger partial charge in [0.2, 0.25) is 11.8 Å². The average molecular weight is 290 g/mol. The van der Waals surface area contributed by atoms with Gasteiger partial charge in [-0.15, -0.1) is 0 Å². The van der Waals surface area contributed by atoms with Gasteiger partial charge in [0.15, 0.2) is 0 Å². The normalized spacial score (nSPS) is 14.2. The summed E-state index contributed by atoms with van der Waals surface area (Å²) in [5.74, 6) is -0.311. The Morgan fingerprint density at radius 2 is 1.52 bits per heavy atom. The Hall–Kier alpha value is -1.84. The Balaban J connectivity index is 2.60. The maximum Gasteiger partial charge on any atom is 0.242 e. The monoisotopic (exact) mass is 290 g/mol. The molecule has 116 valence electrons. The van der Waals surface area contributed by atoms with Gasteiger partial charge < -0.3 is 10.6 Å². The standard InChI is InChI=1S/C17H26N2O2/c1-11-7-9-14(10-8-11)12(2)18-15(20)13(3)19-16(21)17(4,5)6/h7-10,12-13H,1-6H3,(H,18,20)(H,19,21). The minimum Gasteiger partial charge on any atom is -0.348 e. The van der Waals surface area contributed by atoms with E-state index in [4.69, 9.17) is 0 Å². The van der Waals surface area contributed by atoms with Crippen LogP contribution in [0.15, 0.2) is 24.3 Å². The predicted octanol–water partition coefficient (Wildman–Crippen LogP) is 2.72. The van der Waals surface area contributed by atoms with Crippen LogP contribution in [0.25, 0.3) is 0 Å². The third kappa shape index (κ3) is 5.21. The van der Waals surface area contributed by atoms with Gasteiger partial charge in [0.05, 0.1) is 6.04 Å². The smallest absolute Gasteiger partial charge is 0.242 e. The zero-order valence-corrected chi connectivity index (χ0v) is 13.8. The van der Waals surface area contributed by atoms with Gasteiger partial charge in [0, 0.05) is 5.41 Å². The molecular weight excluding hydrogens is 264 g/mol. The molecule has 4 nitrogen and oxygen atoms in total. The number of carbonyl (C=O) groups is 2. The topological polar surface area (TPSA) is 58.2 Å². The number of benzene rings is 1. The molecule has 0 radical (unpaired) electrons. The van der Waals surface area contributed by atoms with E-state index in [0.29, 0.717) is 0 Å². The van der Waals surface area contributed by atoms with E-state index in [1.165, 1.54) is 5.56 Å². The fourth-order valence-electron chi connectivity index (χ4n) is 1.76. The summed E-state index contributed by atoms with van der Waals surface area (Å²) in [6.45, 7) is 11.1. The lowest BCUT2D eigenvalue weighted by Gasteiger charge is -2.23. The van der Waals surface area contributed by atoms with Crippen molar-refractivity contribution in [3.63, 3.8) is 0 Å². The number of nitrogens with one attached hydrogen (secondary N) is 2. The number of hydrogen-bond acceptors (Lipinski definition) is 2. The molecule has 21 heavy (non-hydrogen) atoms. The van der Waals surface area contributed by atoms with Crippen LogP contribution in [0.1, 0.15) is 51.8 Å². The van der Waals surface area contributed by atoms with Crippen LogP contribution in [0.5, 0.6) is 0 Å². The van der Waals surface area contributed by atoms with E-state index < -0.39 is 11.5 Å². The minimum atomic E-state index is -0.551. The van der Waals surface area contributed by atoms with Crippen molar-refractivity contribution in [1.82, 2.24) is 10.6 Å². The molecule has 0 aliphatic heterocycles. The maximum absolute atomic E-state index is 12.1. The first-order valence-electron chi connectivity index (χ1n) is 7.29. The Morgan fingerprint density at radius 1 is 1.00 bits per heavy atom. The van der Waals surface area contributed by atoms with Gasteiger partial charge in [0.25, 0.3) is 0 Å². The third-order valence-corrected chi connectivity index (χ3v) is 3.36. The zero-order valence-electron chi connectivity index (χ0n) is 13.8. The molecule has 0 aliphatic carbocycles. The molecule has 2 N–H and O–H groups in total. The molecule has 0 heterocycles. The second kappa shape index (κ2) is 6.74. The van der Waals surface area contributed by atoms with E-state index in [9.17, 15) is 9.59 Å². The Morgan fingerprint density at radius 3 is 2.00 bits per heavy atom. The summed E-state index contributed by atoms with van der Waals surface area (Å²) in [5, 5.41) is 5.65. The predicted molar refractivity (Wildman–Crippen MR) is 84.8 cm³/mol. The summed E-state index contributed by atoms with van der Waals surface area (Å²) in [6.07, 6.45) is 0. The highest BCUT2D eigenvalue weighted by Crippen LogP contribution is 2.14. The molecule has 0 aliphatic rings. The fourth-order valence-corrected chi connectivity index (χ4v) is 1.76. The molecule has 0 saturated carbocycles. The number of hydrogen-bond donors (Lipinski definition) is 2. The highest BCUT2D eigenvalue weighted by Gasteiger charge is 2.25. The van der Waals surface area contributed by atoms with E-state index in [1.807, 2.05) is 58.9 Å². The molecule has 4 heteroatoms. The molecule has 0 aromatic heterocycles. The van der Waals surface area contributed by atoms with Crippen molar-refractivity contribution in [3.05, 3.63) is 35.4 Å². The lowest BCUT2D eigenvalue weighted by molar-refractivity contribution is -0.133. The minimum absolute atomic E-state index is 0.0907. The van der Waals surface area contributed by atoms with Crippen LogP contribution in [-0.4, -0.2) is 17.9 Å². The first-order valence-corrected chi connectivity index (χ1v) is 7.29. The lowest BCUT2D eigenvalue weighted by Crippen LogP contribution is -2.48. The SMILES string of the molecule is Cc1ccc(C(C)NC(=O)C(C)NC(=O)C(C)(C)C)cc1. The second-order valence-electron chi connectivity index (χ2n) is 6.59. The average Bonchev–Trinajstić information content (AvgIpc) is 2.37. The molecular formula is C17H26N2O2. The molecule has 0 saturated heterocycles. The summed E-state index contributed by atoms with van der Waals surface area (Å²) in [5.41, 5.74) is 1.73.